The summed E-state index contributed by atoms with van der Waals surface area (Å²) in [6.07, 6.45) is 0.789. The van der Waals surface area contributed by atoms with Gasteiger partial charge in [0.2, 0.25) is 11.8 Å². The molecule has 7 heteroatoms. The predicted octanol–water partition coefficient (Wildman–Crippen LogP) is 0.467. The van der Waals surface area contributed by atoms with E-state index in [1.807, 2.05) is 0 Å². The van der Waals surface area contributed by atoms with E-state index in [0.717, 1.165) is 0 Å². The standard InChI is InChI=1S/C15H19FN2O3S/c16-11-5-2-1-4-10(11)8-13-15(21)18-12(9-22-13)14(20)17-6-3-7-19/h1-2,4-5,12-13,19H,3,6-9H2,(H,17,20)(H,18,21). The van der Waals surface area contributed by atoms with Crippen molar-refractivity contribution in [3.63, 3.8) is 0 Å². The quantitative estimate of drug-likeness (QED) is 0.664. The monoisotopic (exact) mass is 326 g/mol. The van der Waals surface area contributed by atoms with Crippen LogP contribution in [0.5, 0.6) is 0 Å². The summed E-state index contributed by atoms with van der Waals surface area (Å²) in [5, 5.41) is 13.6. The maximum Gasteiger partial charge on any atom is 0.243 e. The van der Waals surface area contributed by atoms with E-state index in [1.54, 1.807) is 18.2 Å². The van der Waals surface area contributed by atoms with Crippen molar-refractivity contribution in [3.8, 4) is 0 Å². The normalized spacial score (nSPS) is 21.3. The first kappa shape index (κ1) is 16.8. The van der Waals surface area contributed by atoms with Crippen LogP contribution in [0.1, 0.15) is 12.0 Å². The van der Waals surface area contributed by atoms with Gasteiger partial charge in [-0.2, -0.15) is 0 Å². The number of amides is 2. The van der Waals surface area contributed by atoms with Gasteiger partial charge < -0.3 is 15.7 Å². The molecular formula is C15H19FN2O3S. The lowest BCUT2D eigenvalue weighted by Gasteiger charge is -2.28. The van der Waals surface area contributed by atoms with Crippen molar-refractivity contribution in [3.05, 3.63) is 35.6 Å². The first-order valence-electron chi connectivity index (χ1n) is 7.15. The zero-order chi connectivity index (χ0) is 15.9. The van der Waals surface area contributed by atoms with Crippen molar-refractivity contribution in [1.82, 2.24) is 10.6 Å². The lowest BCUT2D eigenvalue weighted by molar-refractivity contribution is -0.128. The summed E-state index contributed by atoms with van der Waals surface area (Å²) in [6, 6.07) is 5.81. The molecule has 3 N–H and O–H groups in total. The minimum Gasteiger partial charge on any atom is -0.396 e. The first-order valence-corrected chi connectivity index (χ1v) is 8.20. The molecule has 2 unspecified atom stereocenters. The third kappa shape index (κ3) is 4.45. The molecule has 2 atom stereocenters. The predicted molar refractivity (Wildman–Crippen MR) is 83.0 cm³/mol. The fraction of sp³-hybridized carbons (Fsp3) is 0.467. The van der Waals surface area contributed by atoms with Gasteiger partial charge in [0, 0.05) is 18.9 Å². The highest BCUT2D eigenvalue weighted by Crippen LogP contribution is 2.23. The van der Waals surface area contributed by atoms with Crippen LogP contribution in [-0.4, -0.2) is 47.1 Å². The SMILES string of the molecule is O=C(NCCCO)C1CSC(Cc2ccccc2F)C(=O)N1. The lowest BCUT2D eigenvalue weighted by atomic mass is 10.1. The Balaban J connectivity index is 1.86. The Hall–Kier alpha value is -1.60. The number of hydrogen-bond donors (Lipinski definition) is 3. The second-order valence-electron chi connectivity index (χ2n) is 5.05. The molecule has 1 saturated heterocycles. The Morgan fingerprint density at radius 1 is 1.45 bits per heavy atom. The fourth-order valence-electron chi connectivity index (χ4n) is 2.16. The van der Waals surface area contributed by atoms with Crippen LogP contribution in [0, 0.1) is 5.82 Å². The smallest absolute Gasteiger partial charge is 0.243 e. The Morgan fingerprint density at radius 3 is 2.91 bits per heavy atom. The molecule has 1 aliphatic rings. The zero-order valence-corrected chi connectivity index (χ0v) is 12.9. The molecule has 0 radical (unpaired) electrons. The van der Waals surface area contributed by atoms with Gasteiger partial charge in [-0.25, -0.2) is 4.39 Å². The molecule has 0 spiro atoms. The maximum atomic E-state index is 13.6. The molecule has 0 aromatic heterocycles. The van der Waals surface area contributed by atoms with Gasteiger partial charge in [-0.05, 0) is 24.5 Å². The van der Waals surface area contributed by atoms with E-state index in [4.69, 9.17) is 5.11 Å². The molecule has 0 bridgehead atoms. The average molecular weight is 326 g/mol. The number of aliphatic hydroxyl groups is 1. The lowest BCUT2D eigenvalue weighted by Crippen LogP contribution is -2.54. The number of halogens is 1. The molecule has 2 rings (SSSR count). The number of thioether (sulfide) groups is 1. The zero-order valence-electron chi connectivity index (χ0n) is 12.0. The molecule has 1 aromatic rings. The van der Waals surface area contributed by atoms with Crippen molar-refractivity contribution in [2.75, 3.05) is 18.9 Å². The van der Waals surface area contributed by atoms with Crippen LogP contribution in [0.25, 0.3) is 0 Å². The summed E-state index contributed by atoms with van der Waals surface area (Å²) >= 11 is 1.36. The van der Waals surface area contributed by atoms with E-state index in [-0.39, 0.29) is 24.2 Å². The summed E-state index contributed by atoms with van der Waals surface area (Å²) in [7, 11) is 0. The van der Waals surface area contributed by atoms with Crippen molar-refractivity contribution >= 4 is 23.6 Å². The van der Waals surface area contributed by atoms with Gasteiger partial charge in [0.1, 0.15) is 11.9 Å². The molecule has 0 aliphatic carbocycles. The van der Waals surface area contributed by atoms with Crippen LogP contribution >= 0.6 is 11.8 Å². The number of nitrogens with one attached hydrogen (secondary N) is 2. The highest BCUT2D eigenvalue weighted by Gasteiger charge is 2.32. The highest BCUT2D eigenvalue weighted by atomic mass is 32.2. The summed E-state index contributed by atoms with van der Waals surface area (Å²) < 4.78 is 13.6. The molecule has 1 aliphatic heterocycles. The molecule has 120 valence electrons. The minimum atomic E-state index is -0.576. The van der Waals surface area contributed by atoms with Gasteiger partial charge in [-0.15, -0.1) is 11.8 Å². The number of rotatable bonds is 6. The molecule has 1 fully saturated rings. The Kier molecular flexibility index (Phi) is 6.21. The molecular weight excluding hydrogens is 307 g/mol. The molecule has 0 saturated carbocycles. The third-order valence-corrected chi connectivity index (χ3v) is 4.70. The second kappa shape index (κ2) is 8.14. The first-order chi connectivity index (χ1) is 10.6. The Labute approximate surface area is 132 Å². The topological polar surface area (TPSA) is 78.4 Å². The summed E-state index contributed by atoms with van der Waals surface area (Å²) in [6.45, 7) is 0.391. The van der Waals surface area contributed by atoms with Crippen molar-refractivity contribution in [1.29, 1.82) is 0 Å². The molecule has 2 amide bonds. The summed E-state index contributed by atoms with van der Waals surface area (Å²) in [4.78, 5) is 23.9. The van der Waals surface area contributed by atoms with Crippen LogP contribution < -0.4 is 10.6 Å². The summed E-state index contributed by atoms with van der Waals surface area (Å²) in [5.41, 5.74) is 0.501. The van der Waals surface area contributed by atoms with E-state index in [1.165, 1.54) is 17.8 Å². The van der Waals surface area contributed by atoms with Crippen LogP contribution in [0.2, 0.25) is 0 Å². The van der Waals surface area contributed by atoms with Crippen LogP contribution in [0.15, 0.2) is 24.3 Å². The number of aliphatic hydroxyl groups excluding tert-OH is 1. The number of carbonyl (C=O) groups is 2. The average Bonchev–Trinajstić information content (AvgIpc) is 2.51. The van der Waals surface area contributed by atoms with Crippen LogP contribution in [-0.2, 0) is 16.0 Å². The molecule has 22 heavy (non-hydrogen) atoms. The Morgan fingerprint density at radius 2 is 2.23 bits per heavy atom. The van der Waals surface area contributed by atoms with Gasteiger partial charge >= 0.3 is 0 Å². The van der Waals surface area contributed by atoms with Crippen molar-refractivity contribution in [2.45, 2.75) is 24.1 Å². The van der Waals surface area contributed by atoms with E-state index in [0.29, 0.717) is 30.7 Å². The number of carbonyl (C=O) groups excluding carboxylic acids is 2. The highest BCUT2D eigenvalue weighted by molar-refractivity contribution is 8.00. The van der Waals surface area contributed by atoms with Gasteiger partial charge in [-0.1, -0.05) is 18.2 Å². The fourth-order valence-corrected chi connectivity index (χ4v) is 3.34. The number of benzene rings is 1. The van der Waals surface area contributed by atoms with Crippen LogP contribution in [0.4, 0.5) is 4.39 Å². The van der Waals surface area contributed by atoms with Crippen LogP contribution in [0.3, 0.4) is 0 Å². The van der Waals surface area contributed by atoms with Gasteiger partial charge in [-0.3, -0.25) is 9.59 Å². The minimum absolute atomic E-state index is 0.0107. The maximum absolute atomic E-state index is 13.6. The summed E-state index contributed by atoms with van der Waals surface area (Å²) in [5.74, 6) is -0.365. The number of hydrogen-bond acceptors (Lipinski definition) is 4. The molecule has 5 nitrogen and oxygen atoms in total. The van der Waals surface area contributed by atoms with E-state index >= 15 is 0 Å². The largest absolute Gasteiger partial charge is 0.396 e. The van der Waals surface area contributed by atoms with E-state index in [2.05, 4.69) is 10.6 Å². The third-order valence-electron chi connectivity index (χ3n) is 3.39. The van der Waals surface area contributed by atoms with Gasteiger partial charge in [0.25, 0.3) is 0 Å². The van der Waals surface area contributed by atoms with Gasteiger partial charge in [0.05, 0.1) is 5.25 Å². The van der Waals surface area contributed by atoms with Gasteiger partial charge in [0.15, 0.2) is 0 Å². The van der Waals surface area contributed by atoms with E-state index in [9.17, 15) is 14.0 Å². The van der Waals surface area contributed by atoms with E-state index < -0.39 is 11.3 Å². The van der Waals surface area contributed by atoms with Crippen molar-refractivity contribution < 1.29 is 19.1 Å². The molecule has 1 heterocycles. The Bertz CT molecular complexity index is 541. The molecule has 1 aromatic carbocycles. The van der Waals surface area contributed by atoms with Crippen molar-refractivity contribution in [2.24, 2.45) is 0 Å². The second-order valence-corrected chi connectivity index (χ2v) is 6.28.